The van der Waals surface area contributed by atoms with Gasteiger partial charge in [0.2, 0.25) is 5.56 Å². The van der Waals surface area contributed by atoms with Crippen LogP contribution in [0.25, 0.3) is 0 Å². The monoisotopic (exact) mass is 298 g/mol. The Hall–Kier alpha value is -2.63. The van der Waals surface area contributed by atoms with Crippen LogP contribution in [0.2, 0.25) is 0 Å². The maximum atomic E-state index is 12.0. The predicted molar refractivity (Wildman–Crippen MR) is 85.3 cm³/mol. The first-order valence-corrected chi connectivity index (χ1v) is 7.43. The number of H-pyrrole nitrogens is 1. The van der Waals surface area contributed by atoms with Crippen LogP contribution in [0.5, 0.6) is 0 Å². The van der Waals surface area contributed by atoms with Gasteiger partial charge >= 0.3 is 0 Å². The molecule has 1 fully saturated rings. The number of amides is 1. The summed E-state index contributed by atoms with van der Waals surface area (Å²) in [4.78, 5) is 32.3. The van der Waals surface area contributed by atoms with Gasteiger partial charge in [0, 0.05) is 30.9 Å². The van der Waals surface area contributed by atoms with Crippen LogP contribution in [0.3, 0.4) is 0 Å². The second-order valence-electron chi connectivity index (χ2n) is 5.35. The molecule has 1 aliphatic rings. The molecule has 2 aromatic rings. The SMILES string of the molecule is O=C(Nc1ccc(N2CCCCC2)cn1)c1cc[nH]c(=O)c1. The van der Waals surface area contributed by atoms with Gasteiger partial charge in [-0.3, -0.25) is 9.59 Å². The Balaban J connectivity index is 1.68. The van der Waals surface area contributed by atoms with Crippen LogP contribution in [-0.2, 0) is 0 Å². The molecule has 0 atom stereocenters. The van der Waals surface area contributed by atoms with E-state index in [-0.39, 0.29) is 11.5 Å². The van der Waals surface area contributed by atoms with Crippen molar-refractivity contribution in [2.24, 2.45) is 0 Å². The lowest BCUT2D eigenvalue weighted by atomic mass is 10.1. The van der Waals surface area contributed by atoms with Crippen molar-refractivity contribution in [2.45, 2.75) is 19.3 Å². The maximum absolute atomic E-state index is 12.0. The van der Waals surface area contributed by atoms with Gasteiger partial charge in [0.15, 0.2) is 0 Å². The quantitative estimate of drug-likeness (QED) is 0.908. The number of pyridine rings is 2. The molecule has 2 aromatic heterocycles. The van der Waals surface area contributed by atoms with E-state index in [1.807, 2.05) is 6.07 Å². The van der Waals surface area contributed by atoms with Gasteiger partial charge in [-0.1, -0.05) is 0 Å². The lowest BCUT2D eigenvalue weighted by Crippen LogP contribution is -2.29. The van der Waals surface area contributed by atoms with E-state index in [4.69, 9.17) is 0 Å². The molecule has 0 aromatic carbocycles. The number of hydrogen-bond acceptors (Lipinski definition) is 4. The Bertz CT molecular complexity index is 703. The summed E-state index contributed by atoms with van der Waals surface area (Å²) in [7, 11) is 0. The Morgan fingerprint density at radius 2 is 2.00 bits per heavy atom. The molecule has 0 aliphatic carbocycles. The van der Waals surface area contributed by atoms with Crippen LogP contribution >= 0.6 is 0 Å². The number of nitrogens with zero attached hydrogens (tertiary/aromatic N) is 2. The molecular formula is C16H18N4O2. The molecule has 6 heteroatoms. The first kappa shape index (κ1) is 14.3. The van der Waals surface area contributed by atoms with Crippen LogP contribution in [0.15, 0.2) is 41.5 Å². The Morgan fingerprint density at radius 3 is 2.68 bits per heavy atom. The van der Waals surface area contributed by atoms with E-state index in [9.17, 15) is 9.59 Å². The minimum atomic E-state index is -0.343. The topological polar surface area (TPSA) is 78.1 Å². The fourth-order valence-corrected chi connectivity index (χ4v) is 2.57. The van der Waals surface area contributed by atoms with Gasteiger partial charge in [-0.05, 0) is 37.5 Å². The Labute approximate surface area is 128 Å². The number of nitrogens with one attached hydrogen (secondary N) is 2. The standard InChI is InChI=1S/C16H18N4O2/c21-15-10-12(6-7-17-15)16(22)19-14-5-4-13(11-18-14)20-8-2-1-3-9-20/h4-7,10-11H,1-3,8-9H2,(H,17,21)(H,18,19,22). The molecular weight excluding hydrogens is 280 g/mol. The molecule has 0 unspecified atom stereocenters. The molecule has 22 heavy (non-hydrogen) atoms. The molecule has 2 N–H and O–H groups in total. The van der Waals surface area contributed by atoms with Crippen molar-refractivity contribution in [3.8, 4) is 0 Å². The number of hydrogen-bond donors (Lipinski definition) is 2. The lowest BCUT2D eigenvalue weighted by molar-refractivity contribution is 0.102. The number of anilines is 2. The molecule has 0 radical (unpaired) electrons. The first-order valence-electron chi connectivity index (χ1n) is 7.43. The average Bonchev–Trinajstić information content (AvgIpc) is 2.56. The molecule has 0 bridgehead atoms. The fourth-order valence-electron chi connectivity index (χ4n) is 2.57. The van der Waals surface area contributed by atoms with Crippen molar-refractivity contribution >= 4 is 17.4 Å². The molecule has 1 aliphatic heterocycles. The highest BCUT2D eigenvalue weighted by Gasteiger charge is 2.12. The van der Waals surface area contributed by atoms with E-state index in [1.54, 1.807) is 18.3 Å². The summed E-state index contributed by atoms with van der Waals surface area (Å²) < 4.78 is 0. The van der Waals surface area contributed by atoms with Crippen LogP contribution in [0, 0.1) is 0 Å². The van der Waals surface area contributed by atoms with Crippen LogP contribution in [0.1, 0.15) is 29.6 Å². The van der Waals surface area contributed by atoms with Gasteiger partial charge in [-0.25, -0.2) is 4.98 Å². The maximum Gasteiger partial charge on any atom is 0.257 e. The summed E-state index contributed by atoms with van der Waals surface area (Å²) in [6, 6.07) is 6.57. The zero-order valence-electron chi connectivity index (χ0n) is 12.2. The number of carbonyl (C=O) groups excluding carboxylic acids is 1. The van der Waals surface area contributed by atoms with Crippen LogP contribution in [0.4, 0.5) is 11.5 Å². The predicted octanol–water partition coefficient (Wildman–Crippen LogP) is 2.01. The molecule has 3 rings (SSSR count). The smallest absolute Gasteiger partial charge is 0.257 e. The largest absolute Gasteiger partial charge is 0.370 e. The first-order chi connectivity index (χ1) is 10.7. The zero-order chi connectivity index (χ0) is 15.4. The van der Waals surface area contributed by atoms with Crippen molar-refractivity contribution < 1.29 is 4.79 Å². The van der Waals surface area contributed by atoms with Crippen molar-refractivity contribution in [3.63, 3.8) is 0 Å². The molecule has 1 amide bonds. The van der Waals surface area contributed by atoms with E-state index in [1.165, 1.54) is 31.5 Å². The van der Waals surface area contributed by atoms with Gasteiger partial charge in [0.1, 0.15) is 5.82 Å². The average molecular weight is 298 g/mol. The summed E-state index contributed by atoms with van der Waals surface area (Å²) >= 11 is 0. The second kappa shape index (κ2) is 6.43. The van der Waals surface area contributed by atoms with Crippen molar-refractivity contribution in [1.29, 1.82) is 0 Å². The van der Waals surface area contributed by atoms with Crippen molar-refractivity contribution in [1.82, 2.24) is 9.97 Å². The van der Waals surface area contributed by atoms with E-state index < -0.39 is 0 Å². The minimum Gasteiger partial charge on any atom is -0.370 e. The van der Waals surface area contributed by atoms with Gasteiger partial charge < -0.3 is 15.2 Å². The molecule has 6 nitrogen and oxygen atoms in total. The summed E-state index contributed by atoms with van der Waals surface area (Å²) in [6.07, 6.45) is 6.93. The Kier molecular flexibility index (Phi) is 4.18. The fraction of sp³-hybridized carbons (Fsp3) is 0.312. The molecule has 0 saturated carbocycles. The highest BCUT2D eigenvalue weighted by Crippen LogP contribution is 2.20. The van der Waals surface area contributed by atoms with Crippen LogP contribution in [-0.4, -0.2) is 29.0 Å². The third-order valence-electron chi connectivity index (χ3n) is 3.75. The third-order valence-corrected chi connectivity index (χ3v) is 3.75. The minimum absolute atomic E-state index is 0.305. The zero-order valence-corrected chi connectivity index (χ0v) is 12.2. The molecule has 1 saturated heterocycles. The lowest BCUT2D eigenvalue weighted by Gasteiger charge is -2.28. The number of piperidine rings is 1. The normalized spacial score (nSPS) is 14.6. The number of rotatable bonds is 3. The van der Waals surface area contributed by atoms with E-state index in [2.05, 4.69) is 20.2 Å². The summed E-state index contributed by atoms with van der Waals surface area (Å²) in [6.45, 7) is 2.11. The molecule has 3 heterocycles. The van der Waals surface area contributed by atoms with E-state index in [0.717, 1.165) is 18.8 Å². The van der Waals surface area contributed by atoms with Crippen LogP contribution < -0.4 is 15.8 Å². The van der Waals surface area contributed by atoms with Gasteiger partial charge in [0.05, 0.1) is 11.9 Å². The van der Waals surface area contributed by atoms with Crippen molar-refractivity contribution in [3.05, 3.63) is 52.6 Å². The highest BCUT2D eigenvalue weighted by atomic mass is 16.2. The summed E-state index contributed by atoms with van der Waals surface area (Å²) in [5, 5.41) is 2.69. The summed E-state index contributed by atoms with van der Waals surface area (Å²) in [5.41, 5.74) is 1.08. The van der Waals surface area contributed by atoms with E-state index >= 15 is 0 Å². The highest BCUT2D eigenvalue weighted by molar-refractivity contribution is 6.03. The van der Waals surface area contributed by atoms with Gasteiger partial charge in [-0.15, -0.1) is 0 Å². The number of aromatic amines is 1. The third kappa shape index (κ3) is 3.33. The number of aromatic nitrogens is 2. The summed E-state index contributed by atoms with van der Waals surface area (Å²) in [5.74, 6) is 0.135. The van der Waals surface area contributed by atoms with Gasteiger partial charge in [-0.2, -0.15) is 0 Å². The second-order valence-corrected chi connectivity index (χ2v) is 5.35. The number of carbonyl (C=O) groups is 1. The Morgan fingerprint density at radius 1 is 1.18 bits per heavy atom. The van der Waals surface area contributed by atoms with Crippen molar-refractivity contribution in [2.75, 3.05) is 23.3 Å². The van der Waals surface area contributed by atoms with Gasteiger partial charge in [0.25, 0.3) is 5.91 Å². The molecule has 114 valence electrons. The molecule has 0 spiro atoms. The van der Waals surface area contributed by atoms with E-state index in [0.29, 0.717) is 11.4 Å².